The van der Waals surface area contributed by atoms with E-state index in [1.165, 1.54) is 0 Å². The molecule has 1 saturated carbocycles. The van der Waals surface area contributed by atoms with E-state index in [9.17, 15) is 9.90 Å². The summed E-state index contributed by atoms with van der Waals surface area (Å²) in [5.41, 5.74) is -1.13. The average molecular weight is 269 g/mol. The van der Waals surface area contributed by atoms with Crippen LogP contribution in [0.25, 0.3) is 0 Å². The van der Waals surface area contributed by atoms with Crippen molar-refractivity contribution >= 4 is 5.91 Å². The van der Waals surface area contributed by atoms with Gasteiger partial charge in [0.1, 0.15) is 5.60 Å². The standard InChI is InChI=1S/C14H23NO4/c1-13(17,11-2-3-11)8-12(16)15-5-7-19-14(9-15)4-6-18-10-14/h11,17H,2-10H2,1H3/t13-,14+/m1/s1. The number of carbonyl (C=O) groups excluding carboxylic acids is 1. The van der Waals surface area contributed by atoms with Crippen molar-refractivity contribution in [1.29, 1.82) is 0 Å². The van der Waals surface area contributed by atoms with E-state index in [1.807, 2.05) is 4.90 Å². The second kappa shape index (κ2) is 4.72. The highest BCUT2D eigenvalue weighted by atomic mass is 16.6. The van der Waals surface area contributed by atoms with Crippen molar-refractivity contribution in [2.75, 3.05) is 32.9 Å². The predicted octanol–water partition coefficient (Wildman–Crippen LogP) is 0.555. The van der Waals surface area contributed by atoms with Crippen LogP contribution in [0.1, 0.15) is 32.6 Å². The molecule has 0 unspecified atom stereocenters. The molecular weight excluding hydrogens is 246 g/mol. The summed E-state index contributed by atoms with van der Waals surface area (Å²) in [4.78, 5) is 14.2. The second-order valence-corrected chi connectivity index (χ2v) is 6.46. The van der Waals surface area contributed by atoms with Crippen LogP contribution in [0.5, 0.6) is 0 Å². The van der Waals surface area contributed by atoms with Gasteiger partial charge in [-0.2, -0.15) is 0 Å². The molecule has 0 aromatic heterocycles. The number of carbonyl (C=O) groups is 1. The topological polar surface area (TPSA) is 59.0 Å². The average Bonchev–Trinajstić information content (AvgIpc) is 3.14. The molecule has 1 spiro atoms. The highest BCUT2D eigenvalue weighted by Crippen LogP contribution is 2.41. The molecule has 0 bridgehead atoms. The normalized spacial score (nSPS) is 34.5. The van der Waals surface area contributed by atoms with Crippen LogP contribution in [-0.2, 0) is 14.3 Å². The maximum absolute atomic E-state index is 12.4. The summed E-state index contributed by atoms with van der Waals surface area (Å²) in [6, 6.07) is 0. The van der Waals surface area contributed by atoms with E-state index in [4.69, 9.17) is 9.47 Å². The lowest BCUT2D eigenvalue weighted by Gasteiger charge is -2.40. The molecule has 2 atom stereocenters. The molecule has 19 heavy (non-hydrogen) atoms. The summed E-state index contributed by atoms with van der Waals surface area (Å²) >= 11 is 0. The van der Waals surface area contributed by atoms with Gasteiger partial charge in [-0.15, -0.1) is 0 Å². The van der Waals surface area contributed by atoms with E-state index in [0.29, 0.717) is 38.8 Å². The minimum Gasteiger partial charge on any atom is -0.389 e. The summed E-state index contributed by atoms with van der Waals surface area (Å²) in [5, 5.41) is 10.3. The van der Waals surface area contributed by atoms with Crippen molar-refractivity contribution in [1.82, 2.24) is 4.90 Å². The zero-order valence-electron chi connectivity index (χ0n) is 11.6. The number of amides is 1. The molecule has 108 valence electrons. The molecular formula is C14H23NO4. The summed E-state index contributed by atoms with van der Waals surface area (Å²) in [6.07, 6.45) is 3.17. The Balaban J connectivity index is 1.60. The minimum atomic E-state index is -0.839. The van der Waals surface area contributed by atoms with E-state index in [-0.39, 0.29) is 17.9 Å². The molecule has 2 heterocycles. The van der Waals surface area contributed by atoms with Crippen molar-refractivity contribution in [2.24, 2.45) is 5.92 Å². The van der Waals surface area contributed by atoms with Gasteiger partial charge < -0.3 is 19.5 Å². The number of hydrogen-bond donors (Lipinski definition) is 1. The third-order valence-corrected chi connectivity index (χ3v) is 4.63. The van der Waals surface area contributed by atoms with Gasteiger partial charge in [0.05, 0.1) is 31.8 Å². The minimum absolute atomic E-state index is 0.0477. The van der Waals surface area contributed by atoms with Gasteiger partial charge in [-0.05, 0) is 25.7 Å². The maximum atomic E-state index is 12.4. The van der Waals surface area contributed by atoms with Crippen LogP contribution in [0.4, 0.5) is 0 Å². The van der Waals surface area contributed by atoms with E-state index in [2.05, 4.69) is 0 Å². The largest absolute Gasteiger partial charge is 0.389 e. The van der Waals surface area contributed by atoms with Crippen LogP contribution in [0.15, 0.2) is 0 Å². The van der Waals surface area contributed by atoms with Gasteiger partial charge in [0, 0.05) is 19.6 Å². The molecule has 2 saturated heterocycles. The summed E-state index contributed by atoms with van der Waals surface area (Å²) in [5.74, 6) is 0.354. The molecule has 3 rings (SSSR count). The van der Waals surface area contributed by atoms with E-state index in [0.717, 1.165) is 19.3 Å². The third kappa shape index (κ3) is 2.78. The van der Waals surface area contributed by atoms with Crippen LogP contribution in [0.2, 0.25) is 0 Å². The third-order valence-electron chi connectivity index (χ3n) is 4.63. The second-order valence-electron chi connectivity index (χ2n) is 6.46. The highest BCUT2D eigenvalue weighted by molar-refractivity contribution is 5.77. The van der Waals surface area contributed by atoms with Crippen molar-refractivity contribution in [3.63, 3.8) is 0 Å². The first-order chi connectivity index (χ1) is 9.01. The van der Waals surface area contributed by atoms with Crippen molar-refractivity contribution in [3.8, 4) is 0 Å². The lowest BCUT2D eigenvalue weighted by atomic mass is 9.94. The molecule has 0 aromatic rings. The molecule has 3 aliphatic rings. The fraction of sp³-hybridized carbons (Fsp3) is 0.929. The lowest BCUT2D eigenvalue weighted by Crippen LogP contribution is -2.55. The monoisotopic (exact) mass is 269 g/mol. The fourth-order valence-corrected chi connectivity index (χ4v) is 3.15. The number of nitrogens with zero attached hydrogens (tertiary/aromatic N) is 1. The van der Waals surface area contributed by atoms with Crippen LogP contribution < -0.4 is 0 Å². The van der Waals surface area contributed by atoms with Gasteiger partial charge in [-0.1, -0.05) is 0 Å². The first kappa shape index (κ1) is 13.3. The van der Waals surface area contributed by atoms with E-state index >= 15 is 0 Å². The van der Waals surface area contributed by atoms with Crippen LogP contribution >= 0.6 is 0 Å². The molecule has 5 nitrogen and oxygen atoms in total. The van der Waals surface area contributed by atoms with Crippen molar-refractivity contribution < 1.29 is 19.4 Å². The zero-order chi connectivity index (χ0) is 13.5. The van der Waals surface area contributed by atoms with E-state index < -0.39 is 5.60 Å². The molecule has 0 radical (unpaired) electrons. The SMILES string of the molecule is C[C@@](O)(CC(=O)N1CCO[C@@]2(CCOC2)C1)C1CC1. The summed E-state index contributed by atoms with van der Waals surface area (Å²) < 4.78 is 11.2. The fourth-order valence-electron chi connectivity index (χ4n) is 3.15. The highest BCUT2D eigenvalue weighted by Gasteiger charge is 2.45. The van der Waals surface area contributed by atoms with Crippen molar-refractivity contribution in [2.45, 2.75) is 43.8 Å². The Morgan fingerprint density at radius 3 is 2.89 bits per heavy atom. The van der Waals surface area contributed by atoms with Gasteiger partial charge in [0.15, 0.2) is 0 Å². The number of aliphatic hydroxyl groups is 1. The summed E-state index contributed by atoms with van der Waals surface area (Å²) in [6.45, 7) is 4.88. The first-order valence-electron chi connectivity index (χ1n) is 7.23. The van der Waals surface area contributed by atoms with E-state index in [1.54, 1.807) is 6.92 Å². The Bertz CT molecular complexity index is 358. The molecule has 1 aliphatic carbocycles. The summed E-state index contributed by atoms with van der Waals surface area (Å²) in [7, 11) is 0. The molecule has 1 amide bonds. The van der Waals surface area contributed by atoms with Gasteiger partial charge in [0.25, 0.3) is 0 Å². The predicted molar refractivity (Wildman–Crippen MR) is 68.7 cm³/mol. The lowest BCUT2D eigenvalue weighted by molar-refractivity contribution is -0.155. The molecule has 2 aliphatic heterocycles. The Labute approximate surface area is 113 Å². The van der Waals surface area contributed by atoms with Gasteiger partial charge in [-0.3, -0.25) is 4.79 Å². The Kier molecular flexibility index (Phi) is 3.31. The number of rotatable bonds is 3. The molecule has 0 aromatic carbocycles. The van der Waals surface area contributed by atoms with Crippen LogP contribution in [0.3, 0.4) is 0 Å². The van der Waals surface area contributed by atoms with Gasteiger partial charge in [0.2, 0.25) is 5.91 Å². The number of morpholine rings is 1. The Morgan fingerprint density at radius 2 is 2.26 bits per heavy atom. The van der Waals surface area contributed by atoms with Crippen LogP contribution in [0, 0.1) is 5.92 Å². The van der Waals surface area contributed by atoms with Gasteiger partial charge >= 0.3 is 0 Å². The molecule has 5 heteroatoms. The quantitative estimate of drug-likeness (QED) is 0.813. The zero-order valence-corrected chi connectivity index (χ0v) is 11.6. The van der Waals surface area contributed by atoms with Crippen molar-refractivity contribution in [3.05, 3.63) is 0 Å². The first-order valence-corrected chi connectivity index (χ1v) is 7.23. The van der Waals surface area contributed by atoms with Gasteiger partial charge in [-0.25, -0.2) is 0 Å². The Morgan fingerprint density at radius 1 is 1.47 bits per heavy atom. The molecule has 1 N–H and O–H groups in total. The van der Waals surface area contributed by atoms with Crippen LogP contribution in [-0.4, -0.2) is 60.0 Å². The molecule has 3 fully saturated rings. The number of ether oxygens (including phenoxy) is 2. The number of hydrogen-bond acceptors (Lipinski definition) is 4. The maximum Gasteiger partial charge on any atom is 0.225 e. The Hall–Kier alpha value is -0.650. The smallest absolute Gasteiger partial charge is 0.225 e.